The molecule has 2 N–H and O–H groups in total. The highest BCUT2D eigenvalue weighted by Crippen LogP contribution is 2.23. The van der Waals surface area contributed by atoms with Crippen LogP contribution in [0.15, 0.2) is 12.3 Å². The molecule has 1 rings (SSSR count). The molecule has 0 aliphatic heterocycles. The summed E-state index contributed by atoms with van der Waals surface area (Å²) in [7, 11) is 0. The predicted octanol–water partition coefficient (Wildman–Crippen LogP) is 2.30. The topological polar surface area (TPSA) is 82.0 Å². The Kier molecular flexibility index (Phi) is 4.03. The average molecular weight is 209 g/mol. The molecule has 0 aromatic carbocycles. The molecular weight excluding hydrogens is 194 g/mol. The highest BCUT2D eigenvalue weighted by Gasteiger charge is 2.15. The van der Waals surface area contributed by atoms with Gasteiger partial charge in [-0.05, 0) is 34.4 Å². The molecule has 15 heavy (non-hydrogen) atoms. The van der Waals surface area contributed by atoms with Gasteiger partial charge in [0.1, 0.15) is 11.9 Å². The Morgan fingerprint density at radius 3 is 2.87 bits per heavy atom. The van der Waals surface area contributed by atoms with Gasteiger partial charge in [-0.25, -0.2) is 0 Å². The number of rotatable bonds is 5. The highest BCUT2D eigenvalue weighted by atomic mass is 16.6. The standard InChI is InChI=1S/C10H15N3O2/c1-2-3-4-5-8-6-7-12-10(9(8)11)13(14)15/h6-7H,2-5,11H2,1H3. The first-order valence-corrected chi connectivity index (χ1v) is 5.04. The first kappa shape index (κ1) is 11.4. The number of nitrogens with two attached hydrogens (primary N) is 1. The number of nitrogens with zero attached hydrogens (tertiary/aromatic N) is 2. The molecule has 0 aliphatic rings. The van der Waals surface area contributed by atoms with Crippen LogP contribution in [0.2, 0.25) is 0 Å². The van der Waals surface area contributed by atoms with E-state index in [1.807, 2.05) is 0 Å². The lowest BCUT2D eigenvalue weighted by atomic mass is 10.1. The second kappa shape index (κ2) is 5.29. The van der Waals surface area contributed by atoms with Gasteiger partial charge in [0.05, 0.1) is 0 Å². The fraction of sp³-hybridized carbons (Fsp3) is 0.500. The van der Waals surface area contributed by atoms with E-state index in [-0.39, 0.29) is 11.5 Å². The molecule has 5 heteroatoms. The zero-order valence-electron chi connectivity index (χ0n) is 8.77. The van der Waals surface area contributed by atoms with E-state index in [1.165, 1.54) is 6.20 Å². The van der Waals surface area contributed by atoms with Crippen molar-refractivity contribution in [2.24, 2.45) is 0 Å². The molecule has 1 aromatic heterocycles. The van der Waals surface area contributed by atoms with Gasteiger partial charge in [0.2, 0.25) is 0 Å². The van der Waals surface area contributed by atoms with Gasteiger partial charge in [0.15, 0.2) is 0 Å². The van der Waals surface area contributed by atoms with Crippen LogP contribution in [0.4, 0.5) is 11.5 Å². The lowest BCUT2D eigenvalue weighted by Crippen LogP contribution is -2.02. The summed E-state index contributed by atoms with van der Waals surface area (Å²) in [5, 5.41) is 10.6. The molecule has 0 saturated carbocycles. The number of nitro groups is 1. The average Bonchev–Trinajstić information content (AvgIpc) is 2.20. The fourth-order valence-corrected chi connectivity index (χ4v) is 1.43. The molecule has 1 aromatic rings. The number of aromatic nitrogens is 1. The van der Waals surface area contributed by atoms with E-state index in [1.54, 1.807) is 6.07 Å². The summed E-state index contributed by atoms with van der Waals surface area (Å²) in [5.41, 5.74) is 6.69. The van der Waals surface area contributed by atoms with Crippen molar-refractivity contribution in [2.45, 2.75) is 32.6 Å². The van der Waals surface area contributed by atoms with Crippen molar-refractivity contribution < 1.29 is 4.92 Å². The zero-order chi connectivity index (χ0) is 11.3. The van der Waals surface area contributed by atoms with E-state index in [4.69, 9.17) is 5.73 Å². The molecule has 0 unspecified atom stereocenters. The Morgan fingerprint density at radius 2 is 2.27 bits per heavy atom. The molecular formula is C10H15N3O2. The minimum absolute atomic E-state index is 0.207. The molecule has 0 atom stereocenters. The van der Waals surface area contributed by atoms with Gasteiger partial charge in [0, 0.05) is 0 Å². The SMILES string of the molecule is CCCCCc1ccnc([N+](=O)[O-])c1N. The van der Waals surface area contributed by atoms with Gasteiger partial charge in [-0.1, -0.05) is 19.8 Å². The third kappa shape index (κ3) is 2.90. The summed E-state index contributed by atoms with van der Waals surface area (Å²) >= 11 is 0. The number of hydrogen-bond acceptors (Lipinski definition) is 4. The first-order chi connectivity index (χ1) is 7.16. The van der Waals surface area contributed by atoms with Crippen molar-refractivity contribution in [1.82, 2.24) is 4.98 Å². The van der Waals surface area contributed by atoms with Crippen LogP contribution in [0.3, 0.4) is 0 Å². The van der Waals surface area contributed by atoms with Gasteiger partial charge in [-0.2, -0.15) is 0 Å². The maximum absolute atomic E-state index is 10.6. The smallest absolute Gasteiger partial charge is 0.386 e. The summed E-state index contributed by atoms with van der Waals surface area (Å²) in [6.07, 6.45) is 5.45. The Balaban J connectivity index is 2.80. The van der Waals surface area contributed by atoms with Crippen LogP contribution in [0, 0.1) is 10.1 Å². The third-order valence-electron chi connectivity index (χ3n) is 2.28. The molecule has 0 radical (unpaired) electrons. The maximum Gasteiger partial charge on any atom is 0.386 e. The molecule has 5 nitrogen and oxygen atoms in total. The number of pyridine rings is 1. The lowest BCUT2D eigenvalue weighted by molar-refractivity contribution is -0.388. The van der Waals surface area contributed by atoms with Crippen molar-refractivity contribution in [3.05, 3.63) is 27.9 Å². The summed E-state index contributed by atoms with van der Waals surface area (Å²) in [5.74, 6) is -0.232. The van der Waals surface area contributed by atoms with Crippen LogP contribution in [-0.4, -0.2) is 9.91 Å². The molecule has 0 spiro atoms. The van der Waals surface area contributed by atoms with E-state index >= 15 is 0 Å². The Morgan fingerprint density at radius 1 is 1.53 bits per heavy atom. The fourth-order valence-electron chi connectivity index (χ4n) is 1.43. The van der Waals surface area contributed by atoms with Crippen LogP contribution in [0.5, 0.6) is 0 Å². The van der Waals surface area contributed by atoms with E-state index < -0.39 is 4.92 Å². The van der Waals surface area contributed by atoms with E-state index in [0.717, 1.165) is 31.2 Å². The van der Waals surface area contributed by atoms with E-state index in [9.17, 15) is 10.1 Å². The Bertz CT molecular complexity index is 353. The molecule has 0 bridgehead atoms. The molecule has 82 valence electrons. The summed E-state index contributed by atoms with van der Waals surface area (Å²) in [6.45, 7) is 2.11. The number of aryl methyl sites for hydroxylation is 1. The number of unbranched alkanes of at least 4 members (excludes halogenated alkanes) is 2. The summed E-state index contributed by atoms with van der Waals surface area (Å²) in [4.78, 5) is 13.7. The monoisotopic (exact) mass is 209 g/mol. The predicted molar refractivity (Wildman–Crippen MR) is 58.5 cm³/mol. The van der Waals surface area contributed by atoms with Gasteiger partial charge >= 0.3 is 5.82 Å². The Labute approximate surface area is 88.5 Å². The quantitative estimate of drug-likeness (QED) is 0.458. The number of nitrogen functional groups attached to an aromatic ring is 1. The first-order valence-electron chi connectivity index (χ1n) is 5.04. The highest BCUT2D eigenvalue weighted by molar-refractivity contribution is 5.58. The number of hydrogen-bond donors (Lipinski definition) is 1. The van der Waals surface area contributed by atoms with Crippen LogP contribution >= 0.6 is 0 Å². The molecule has 0 amide bonds. The molecule has 0 fully saturated rings. The van der Waals surface area contributed by atoms with Gasteiger partial charge < -0.3 is 15.8 Å². The van der Waals surface area contributed by atoms with Crippen molar-refractivity contribution in [3.63, 3.8) is 0 Å². The van der Waals surface area contributed by atoms with Gasteiger partial charge in [-0.3, -0.25) is 0 Å². The second-order valence-electron chi connectivity index (χ2n) is 3.42. The van der Waals surface area contributed by atoms with Crippen LogP contribution in [-0.2, 0) is 6.42 Å². The van der Waals surface area contributed by atoms with Gasteiger partial charge in [0.25, 0.3) is 0 Å². The van der Waals surface area contributed by atoms with Crippen molar-refractivity contribution in [3.8, 4) is 0 Å². The van der Waals surface area contributed by atoms with E-state index in [0.29, 0.717) is 0 Å². The maximum atomic E-state index is 10.6. The number of anilines is 1. The second-order valence-corrected chi connectivity index (χ2v) is 3.42. The minimum atomic E-state index is -0.543. The summed E-state index contributed by atoms with van der Waals surface area (Å²) in [6, 6.07) is 1.75. The van der Waals surface area contributed by atoms with Crippen molar-refractivity contribution in [1.29, 1.82) is 0 Å². The van der Waals surface area contributed by atoms with Gasteiger partial charge in [-0.15, -0.1) is 0 Å². The van der Waals surface area contributed by atoms with Crippen LogP contribution in [0.25, 0.3) is 0 Å². The van der Waals surface area contributed by atoms with E-state index in [2.05, 4.69) is 11.9 Å². The largest absolute Gasteiger partial charge is 0.392 e. The normalized spacial score (nSPS) is 10.2. The van der Waals surface area contributed by atoms with Crippen LogP contribution in [0.1, 0.15) is 31.7 Å². The lowest BCUT2D eigenvalue weighted by Gasteiger charge is -2.04. The molecule has 0 saturated heterocycles. The van der Waals surface area contributed by atoms with Crippen LogP contribution < -0.4 is 5.73 Å². The summed E-state index contributed by atoms with van der Waals surface area (Å²) < 4.78 is 0. The molecule has 1 heterocycles. The minimum Gasteiger partial charge on any atom is -0.392 e. The zero-order valence-corrected chi connectivity index (χ0v) is 8.77. The Hall–Kier alpha value is -1.65. The van der Waals surface area contributed by atoms with Crippen molar-refractivity contribution in [2.75, 3.05) is 5.73 Å². The molecule has 0 aliphatic carbocycles. The third-order valence-corrected chi connectivity index (χ3v) is 2.28. The van der Waals surface area contributed by atoms with Crippen molar-refractivity contribution >= 4 is 11.5 Å².